The summed E-state index contributed by atoms with van der Waals surface area (Å²) in [6.45, 7) is -0.184. The van der Waals surface area contributed by atoms with Gasteiger partial charge >= 0.3 is 5.97 Å². The maximum absolute atomic E-state index is 13.4. The molecule has 1 aliphatic carbocycles. The largest absolute Gasteiger partial charge is 0.481 e. The minimum Gasteiger partial charge on any atom is -0.481 e. The van der Waals surface area contributed by atoms with E-state index >= 15 is 0 Å². The van der Waals surface area contributed by atoms with Crippen LogP contribution in [0.3, 0.4) is 0 Å². The molecule has 192 valence electrons. The van der Waals surface area contributed by atoms with Crippen molar-refractivity contribution in [2.45, 2.75) is 12.8 Å². The number of hydrogen-bond acceptors (Lipinski definition) is 6. The molecule has 9 nitrogen and oxygen atoms in total. The number of nitrogens with zero attached hydrogens (tertiary/aromatic N) is 2. The number of non-ortho nitro benzene ring substituents is 1. The molecule has 3 atom stereocenters. The lowest BCUT2D eigenvalue weighted by Gasteiger charge is -2.24. The van der Waals surface area contributed by atoms with Gasteiger partial charge in [0, 0.05) is 35.2 Å². The van der Waals surface area contributed by atoms with Crippen molar-refractivity contribution in [2.75, 3.05) is 6.54 Å². The summed E-state index contributed by atoms with van der Waals surface area (Å²) in [6, 6.07) is 17.6. The summed E-state index contributed by atoms with van der Waals surface area (Å²) in [6.07, 6.45) is 0.637. The number of imide groups is 1. The van der Waals surface area contributed by atoms with E-state index in [0.29, 0.717) is 23.4 Å². The molecular weight excluding hydrogens is 512 g/mol. The van der Waals surface area contributed by atoms with Crippen molar-refractivity contribution < 1.29 is 29.2 Å². The molecule has 1 saturated carbocycles. The van der Waals surface area contributed by atoms with Gasteiger partial charge < -0.3 is 5.11 Å². The van der Waals surface area contributed by atoms with E-state index in [1.165, 1.54) is 6.07 Å². The number of hydrogen-bond donors (Lipinski definition) is 1. The highest BCUT2D eigenvalue weighted by atomic mass is 35.5. The third-order valence-electron chi connectivity index (χ3n) is 7.34. The molecule has 0 radical (unpaired) electrons. The van der Waals surface area contributed by atoms with E-state index < -0.39 is 40.5 Å². The van der Waals surface area contributed by atoms with E-state index in [0.717, 1.165) is 28.2 Å². The molecule has 1 fully saturated rings. The average Bonchev–Trinajstić information content (AvgIpc) is 3.44. The van der Waals surface area contributed by atoms with Crippen molar-refractivity contribution >= 4 is 40.9 Å². The van der Waals surface area contributed by atoms with E-state index in [9.17, 15) is 34.4 Å². The van der Waals surface area contributed by atoms with Gasteiger partial charge in [0.15, 0.2) is 5.78 Å². The summed E-state index contributed by atoms with van der Waals surface area (Å²) in [5.74, 6) is -5.34. The van der Waals surface area contributed by atoms with Gasteiger partial charge in [-0.3, -0.25) is 34.2 Å². The number of aliphatic carboxylic acids is 1. The normalized spacial score (nSPS) is 20.4. The van der Waals surface area contributed by atoms with Crippen LogP contribution in [-0.2, 0) is 4.79 Å². The van der Waals surface area contributed by atoms with Crippen molar-refractivity contribution in [1.82, 2.24) is 4.90 Å². The Labute approximate surface area is 221 Å². The number of benzene rings is 3. The van der Waals surface area contributed by atoms with Crippen LogP contribution in [0.1, 0.15) is 43.9 Å². The maximum Gasteiger partial charge on any atom is 0.307 e. The van der Waals surface area contributed by atoms with Crippen LogP contribution in [0.2, 0.25) is 5.02 Å². The summed E-state index contributed by atoms with van der Waals surface area (Å²) in [5.41, 5.74) is 1.82. The first-order valence-corrected chi connectivity index (χ1v) is 12.3. The molecule has 1 heterocycles. The number of carboxylic acid groups (broad SMARTS) is 1. The first-order chi connectivity index (χ1) is 18.2. The molecule has 5 rings (SSSR count). The Bertz CT molecular complexity index is 1480. The molecule has 0 aromatic heterocycles. The van der Waals surface area contributed by atoms with Gasteiger partial charge in [0.25, 0.3) is 17.5 Å². The monoisotopic (exact) mass is 532 g/mol. The number of halogens is 1. The SMILES string of the molecule is O=C(c1ccc(-c2ccc(Cl)cc2)cc1)C1CCC(CN2C(=O)c3ccc([N+](=O)[O-])cc3C2=O)C1C(=O)O. The number of rotatable bonds is 7. The van der Waals surface area contributed by atoms with Crippen LogP contribution in [0.5, 0.6) is 0 Å². The zero-order chi connectivity index (χ0) is 27.1. The highest BCUT2D eigenvalue weighted by Gasteiger charge is 2.47. The third kappa shape index (κ3) is 4.45. The number of ketones is 1. The van der Waals surface area contributed by atoms with Gasteiger partial charge in [-0.2, -0.15) is 0 Å². The molecule has 1 N–H and O–H groups in total. The zero-order valence-corrected chi connectivity index (χ0v) is 20.6. The number of Topliss-reactive ketones (excluding diaryl/α,β-unsaturated/α-hetero) is 1. The number of fused-ring (bicyclic) bond motifs is 1. The Balaban J connectivity index is 1.33. The highest BCUT2D eigenvalue weighted by molar-refractivity contribution is 6.30. The Kier molecular flexibility index (Phi) is 6.54. The topological polar surface area (TPSA) is 135 Å². The second-order valence-corrected chi connectivity index (χ2v) is 9.90. The maximum atomic E-state index is 13.4. The van der Waals surface area contributed by atoms with Crippen molar-refractivity contribution in [2.24, 2.45) is 17.8 Å². The number of nitro groups is 1. The van der Waals surface area contributed by atoms with Crippen LogP contribution in [0.15, 0.2) is 66.7 Å². The number of amides is 2. The molecule has 2 aliphatic rings. The molecule has 38 heavy (non-hydrogen) atoms. The van der Waals surface area contributed by atoms with Gasteiger partial charge in [-0.15, -0.1) is 0 Å². The summed E-state index contributed by atoms with van der Waals surface area (Å²) in [5, 5.41) is 21.7. The highest BCUT2D eigenvalue weighted by Crippen LogP contribution is 2.41. The predicted molar refractivity (Wildman–Crippen MR) is 137 cm³/mol. The van der Waals surface area contributed by atoms with Crippen molar-refractivity contribution in [3.8, 4) is 11.1 Å². The van der Waals surface area contributed by atoms with Gasteiger partial charge in [-0.05, 0) is 48.1 Å². The van der Waals surface area contributed by atoms with Crippen molar-refractivity contribution in [3.63, 3.8) is 0 Å². The predicted octanol–water partition coefficient (Wildman–Crippen LogP) is 5.12. The zero-order valence-electron chi connectivity index (χ0n) is 19.9. The average molecular weight is 533 g/mol. The minimum atomic E-state index is -1.17. The van der Waals surface area contributed by atoms with Crippen LogP contribution in [0.25, 0.3) is 11.1 Å². The van der Waals surface area contributed by atoms with E-state index in [-0.39, 0.29) is 29.1 Å². The van der Waals surface area contributed by atoms with E-state index in [4.69, 9.17) is 11.6 Å². The molecular formula is C28H21ClN2O7. The smallest absolute Gasteiger partial charge is 0.307 e. The first kappa shape index (κ1) is 25.3. The van der Waals surface area contributed by atoms with Gasteiger partial charge in [-0.1, -0.05) is 48.0 Å². The lowest BCUT2D eigenvalue weighted by Crippen LogP contribution is -2.39. The minimum absolute atomic E-state index is 0.0406. The first-order valence-electron chi connectivity index (χ1n) is 11.9. The fraction of sp³-hybridized carbons (Fsp3) is 0.214. The third-order valence-corrected chi connectivity index (χ3v) is 7.59. The Morgan fingerprint density at radius 3 is 2.13 bits per heavy atom. The molecule has 3 unspecified atom stereocenters. The van der Waals surface area contributed by atoms with E-state index in [2.05, 4.69) is 0 Å². The van der Waals surface area contributed by atoms with Crippen LogP contribution in [0, 0.1) is 27.9 Å². The van der Waals surface area contributed by atoms with Crippen LogP contribution in [-0.4, -0.2) is 45.0 Å². The standard InChI is InChI=1S/C28H21ClN2O7/c29-19-8-5-16(6-9-19)15-1-3-17(4-2-15)25(32)22-11-7-18(24(22)28(35)36)14-30-26(33)21-12-10-20(31(37)38)13-23(21)27(30)34/h1-6,8-10,12-13,18,22,24H,7,11,14H2,(H,35,36). The molecule has 3 aromatic rings. The van der Waals surface area contributed by atoms with Gasteiger partial charge in [-0.25, -0.2) is 0 Å². The van der Waals surface area contributed by atoms with Crippen LogP contribution >= 0.6 is 11.6 Å². The fourth-order valence-electron chi connectivity index (χ4n) is 5.43. The quantitative estimate of drug-likeness (QED) is 0.193. The van der Waals surface area contributed by atoms with Crippen molar-refractivity contribution in [3.05, 3.63) is 98.6 Å². The summed E-state index contributed by atoms with van der Waals surface area (Å²) < 4.78 is 0. The van der Waals surface area contributed by atoms with Crippen LogP contribution < -0.4 is 0 Å². The summed E-state index contributed by atoms with van der Waals surface area (Å²) >= 11 is 5.94. The van der Waals surface area contributed by atoms with E-state index in [1.54, 1.807) is 36.4 Å². The summed E-state index contributed by atoms with van der Waals surface area (Å²) in [7, 11) is 0. The van der Waals surface area contributed by atoms with Gasteiger partial charge in [0.2, 0.25) is 0 Å². The number of carbonyl (C=O) groups excluding carboxylic acids is 3. The molecule has 0 spiro atoms. The molecule has 1 aliphatic heterocycles. The Morgan fingerprint density at radius 1 is 0.921 bits per heavy atom. The van der Waals surface area contributed by atoms with Gasteiger partial charge in [0.05, 0.1) is 22.0 Å². The van der Waals surface area contributed by atoms with Crippen LogP contribution in [0.4, 0.5) is 5.69 Å². The molecule has 0 bridgehead atoms. The van der Waals surface area contributed by atoms with E-state index in [1.807, 2.05) is 12.1 Å². The molecule has 3 aromatic carbocycles. The Morgan fingerprint density at radius 2 is 1.53 bits per heavy atom. The number of carbonyl (C=O) groups is 4. The second kappa shape index (κ2) is 9.83. The van der Waals surface area contributed by atoms with Gasteiger partial charge in [0.1, 0.15) is 0 Å². The Hall–Kier alpha value is -4.37. The molecule has 10 heteroatoms. The molecule has 2 amide bonds. The number of nitro benzene ring substituents is 1. The second-order valence-electron chi connectivity index (χ2n) is 9.46. The summed E-state index contributed by atoms with van der Waals surface area (Å²) in [4.78, 5) is 62.8. The molecule has 0 saturated heterocycles. The number of carboxylic acids is 1. The fourth-order valence-corrected chi connectivity index (χ4v) is 5.56. The lowest BCUT2D eigenvalue weighted by molar-refractivity contribution is -0.384. The lowest BCUT2D eigenvalue weighted by atomic mass is 9.84. The van der Waals surface area contributed by atoms with Crippen molar-refractivity contribution in [1.29, 1.82) is 0 Å².